The minimum absolute atomic E-state index is 0.374. The molecule has 1 atom stereocenters. The van der Waals surface area contributed by atoms with Crippen molar-refractivity contribution in [1.82, 2.24) is 4.90 Å². The van der Waals surface area contributed by atoms with Crippen LogP contribution in [0.1, 0.15) is 206 Å². The number of unbranched alkanes of at least 4 members (excludes halogenated alkanes) is 24. The zero-order chi connectivity index (χ0) is 38.2. The summed E-state index contributed by atoms with van der Waals surface area (Å²) in [5, 5.41) is 0. The van der Waals surface area contributed by atoms with Gasteiger partial charge < -0.3 is 23.4 Å². The lowest BCUT2D eigenvalue weighted by Gasteiger charge is -2.23. The van der Waals surface area contributed by atoms with Gasteiger partial charge in [0.1, 0.15) is 6.10 Å². The maximum absolute atomic E-state index is 13.2. The van der Waals surface area contributed by atoms with Gasteiger partial charge in [0.15, 0.2) is 0 Å². The molecule has 1 unspecified atom stereocenters. The number of nitrogens with zero attached hydrogens (tertiary/aromatic N) is 1. The Morgan fingerprint density at radius 2 is 0.868 bits per heavy atom. The van der Waals surface area contributed by atoms with Crippen LogP contribution in [0.5, 0.6) is 0 Å². The smallest absolute Gasteiger partial charge is 0.328 e. The molecule has 0 spiro atoms. The standard InChI is InChI=1S/C46H90NO5P/c1-4-6-8-10-12-14-16-18-20-22-24-26-28-30-32-36-41-49-44-46(52-53(3,48)51-43-40-47-38-34-35-39-47)45-50-42-37-33-31-29-27-25-23-21-19-17-15-13-11-9-7-5-2/h18-21,46H,4-17,22-45H2,1-3H3/b20-18-,21-19-. The monoisotopic (exact) mass is 768 g/mol. The molecule has 1 aliphatic rings. The second kappa shape index (κ2) is 39.7. The lowest BCUT2D eigenvalue weighted by Crippen LogP contribution is -2.27. The van der Waals surface area contributed by atoms with Gasteiger partial charge in [0.25, 0.3) is 0 Å². The van der Waals surface area contributed by atoms with E-state index in [0.717, 1.165) is 32.5 Å². The van der Waals surface area contributed by atoms with Crippen molar-refractivity contribution in [2.75, 3.05) is 59.3 Å². The van der Waals surface area contributed by atoms with Crippen molar-refractivity contribution < 1.29 is 23.1 Å². The van der Waals surface area contributed by atoms with E-state index in [2.05, 4.69) is 43.1 Å². The first-order valence-electron chi connectivity index (χ1n) is 23.2. The van der Waals surface area contributed by atoms with Crippen LogP contribution in [0.25, 0.3) is 0 Å². The van der Waals surface area contributed by atoms with Crippen LogP contribution in [0.2, 0.25) is 0 Å². The summed E-state index contributed by atoms with van der Waals surface area (Å²) in [4.78, 5) is 2.37. The normalized spacial score (nSPS) is 15.2. The van der Waals surface area contributed by atoms with Crippen molar-refractivity contribution in [3.8, 4) is 0 Å². The largest absolute Gasteiger partial charge is 0.379 e. The van der Waals surface area contributed by atoms with Gasteiger partial charge in [-0.1, -0.05) is 154 Å². The van der Waals surface area contributed by atoms with Crippen molar-refractivity contribution in [3.05, 3.63) is 24.3 Å². The van der Waals surface area contributed by atoms with Crippen molar-refractivity contribution in [2.24, 2.45) is 0 Å². The molecular weight excluding hydrogens is 677 g/mol. The zero-order valence-electron chi connectivity index (χ0n) is 35.7. The summed E-state index contributed by atoms with van der Waals surface area (Å²) in [6, 6.07) is 0. The summed E-state index contributed by atoms with van der Waals surface area (Å²) in [7, 11) is -3.19. The molecule has 0 saturated carbocycles. The fourth-order valence-electron chi connectivity index (χ4n) is 7.09. The topological polar surface area (TPSA) is 57.2 Å². The van der Waals surface area contributed by atoms with E-state index in [-0.39, 0.29) is 6.10 Å². The second-order valence-electron chi connectivity index (χ2n) is 15.9. The molecule has 0 aromatic rings. The molecule has 1 heterocycles. The molecular formula is C46H90NO5P. The molecule has 1 aliphatic heterocycles. The summed E-state index contributed by atoms with van der Waals surface area (Å²) < 4.78 is 37.1. The molecule has 0 radical (unpaired) electrons. The van der Waals surface area contributed by atoms with Crippen molar-refractivity contribution in [3.63, 3.8) is 0 Å². The summed E-state index contributed by atoms with van der Waals surface area (Å²) in [5.74, 6) is 0. The van der Waals surface area contributed by atoms with Gasteiger partial charge in [0, 0.05) is 26.4 Å². The number of rotatable bonds is 42. The Morgan fingerprint density at radius 1 is 0.509 bits per heavy atom. The summed E-state index contributed by atoms with van der Waals surface area (Å²) in [6.45, 7) is 11.8. The Hall–Kier alpha value is -0.490. The summed E-state index contributed by atoms with van der Waals surface area (Å²) >= 11 is 0. The second-order valence-corrected chi connectivity index (χ2v) is 17.9. The van der Waals surface area contributed by atoms with E-state index in [4.69, 9.17) is 18.5 Å². The van der Waals surface area contributed by atoms with Crippen LogP contribution >= 0.6 is 7.60 Å². The van der Waals surface area contributed by atoms with Gasteiger partial charge in [-0.25, -0.2) is 0 Å². The van der Waals surface area contributed by atoms with Crippen LogP contribution < -0.4 is 0 Å². The molecule has 314 valence electrons. The number of hydrogen-bond acceptors (Lipinski definition) is 6. The van der Waals surface area contributed by atoms with Crippen LogP contribution in [-0.2, 0) is 23.1 Å². The number of ether oxygens (including phenoxy) is 2. The lowest BCUT2D eigenvalue weighted by molar-refractivity contribution is -0.0143. The van der Waals surface area contributed by atoms with E-state index in [9.17, 15) is 4.57 Å². The third-order valence-corrected chi connectivity index (χ3v) is 11.8. The Balaban J connectivity index is 2.14. The molecule has 1 saturated heterocycles. The van der Waals surface area contributed by atoms with Crippen LogP contribution in [0.3, 0.4) is 0 Å². The quantitative estimate of drug-likeness (QED) is 0.0350. The fraction of sp³-hybridized carbons (Fsp3) is 0.913. The van der Waals surface area contributed by atoms with Crippen LogP contribution in [-0.4, -0.2) is 70.3 Å². The van der Waals surface area contributed by atoms with Gasteiger partial charge in [-0.2, -0.15) is 0 Å². The molecule has 53 heavy (non-hydrogen) atoms. The van der Waals surface area contributed by atoms with Gasteiger partial charge in [-0.05, 0) is 90.1 Å². The SMILES string of the molecule is CCCCCCCC/C=C\CCCCCCCCOCC(COCCCCCCCC/C=C\CCCCCCCC)OP(C)(=O)OCCN1CCCC1. The fourth-order valence-corrected chi connectivity index (χ4v) is 8.22. The first-order chi connectivity index (χ1) is 26.1. The highest BCUT2D eigenvalue weighted by molar-refractivity contribution is 7.53. The number of hydrogen-bond donors (Lipinski definition) is 0. The molecule has 0 N–H and O–H groups in total. The Kier molecular flexibility index (Phi) is 37.9. The zero-order valence-corrected chi connectivity index (χ0v) is 36.6. The minimum Gasteiger partial charge on any atom is -0.379 e. The van der Waals surface area contributed by atoms with E-state index in [0.29, 0.717) is 33.0 Å². The first kappa shape index (κ1) is 50.5. The highest BCUT2D eigenvalue weighted by atomic mass is 31.2. The summed E-state index contributed by atoms with van der Waals surface area (Å²) in [6.07, 6.45) is 48.1. The molecule has 0 aromatic carbocycles. The Morgan fingerprint density at radius 3 is 1.26 bits per heavy atom. The van der Waals surface area contributed by atoms with Crippen molar-refractivity contribution in [1.29, 1.82) is 0 Å². The van der Waals surface area contributed by atoms with Gasteiger partial charge >= 0.3 is 7.60 Å². The van der Waals surface area contributed by atoms with Crippen LogP contribution in [0, 0.1) is 0 Å². The van der Waals surface area contributed by atoms with E-state index in [1.807, 2.05) is 0 Å². The minimum atomic E-state index is -3.19. The third-order valence-electron chi connectivity index (χ3n) is 10.5. The van der Waals surface area contributed by atoms with Crippen molar-refractivity contribution >= 4 is 7.60 Å². The lowest BCUT2D eigenvalue weighted by atomic mass is 10.1. The number of allylic oxidation sites excluding steroid dienone is 4. The maximum Gasteiger partial charge on any atom is 0.328 e. The third kappa shape index (κ3) is 36.9. The average molecular weight is 768 g/mol. The molecule has 6 nitrogen and oxygen atoms in total. The summed E-state index contributed by atoms with van der Waals surface area (Å²) in [5.41, 5.74) is 0. The molecule has 1 fully saturated rings. The molecule has 0 aromatic heterocycles. The highest BCUT2D eigenvalue weighted by Gasteiger charge is 2.24. The first-order valence-corrected chi connectivity index (χ1v) is 25.1. The molecule has 0 bridgehead atoms. The van der Waals surface area contributed by atoms with E-state index >= 15 is 0 Å². The van der Waals surface area contributed by atoms with Gasteiger partial charge in [-0.15, -0.1) is 0 Å². The Bertz CT molecular complexity index is 800. The van der Waals surface area contributed by atoms with Crippen LogP contribution in [0.4, 0.5) is 0 Å². The van der Waals surface area contributed by atoms with E-state index in [1.165, 1.54) is 180 Å². The van der Waals surface area contributed by atoms with Crippen molar-refractivity contribution in [2.45, 2.75) is 213 Å². The van der Waals surface area contributed by atoms with E-state index in [1.54, 1.807) is 6.66 Å². The van der Waals surface area contributed by atoms with Gasteiger partial charge in [-0.3, -0.25) is 4.57 Å². The van der Waals surface area contributed by atoms with Gasteiger partial charge in [0.2, 0.25) is 0 Å². The molecule has 1 rings (SSSR count). The number of likely N-dealkylation sites (tertiary alicyclic amines) is 1. The average Bonchev–Trinajstić information content (AvgIpc) is 3.67. The maximum atomic E-state index is 13.2. The van der Waals surface area contributed by atoms with Crippen LogP contribution in [0.15, 0.2) is 24.3 Å². The highest BCUT2D eigenvalue weighted by Crippen LogP contribution is 2.45. The predicted octanol–water partition coefficient (Wildman–Crippen LogP) is 14.4. The predicted molar refractivity (Wildman–Crippen MR) is 231 cm³/mol. The van der Waals surface area contributed by atoms with E-state index < -0.39 is 7.60 Å². The van der Waals surface area contributed by atoms with Gasteiger partial charge in [0.05, 0.1) is 19.8 Å². The molecule has 7 heteroatoms. The Labute approximate surface area is 330 Å². The molecule has 0 aliphatic carbocycles. The molecule has 0 amide bonds.